The normalized spacial score (nSPS) is 13.9. The molecular formula is C19H22N4O5S. The van der Waals surface area contributed by atoms with Gasteiger partial charge in [-0.25, -0.2) is 13.1 Å². The van der Waals surface area contributed by atoms with E-state index in [4.69, 9.17) is 0 Å². The third kappa shape index (κ3) is 5.30. The summed E-state index contributed by atoms with van der Waals surface area (Å²) < 4.78 is 26.8. The quantitative estimate of drug-likeness (QED) is 0.446. The topological polar surface area (TPSA) is 130 Å². The molecule has 9 nitrogen and oxygen atoms in total. The maximum atomic E-state index is 12.5. The van der Waals surface area contributed by atoms with E-state index in [0.717, 1.165) is 12.8 Å². The number of sulfonamides is 1. The summed E-state index contributed by atoms with van der Waals surface area (Å²) in [6, 6.07) is 9.95. The molecule has 0 heterocycles. The van der Waals surface area contributed by atoms with Gasteiger partial charge < -0.3 is 10.6 Å². The van der Waals surface area contributed by atoms with Gasteiger partial charge in [-0.15, -0.1) is 0 Å². The van der Waals surface area contributed by atoms with Crippen molar-refractivity contribution >= 4 is 33.0 Å². The van der Waals surface area contributed by atoms with Gasteiger partial charge in [0.25, 0.3) is 11.6 Å². The van der Waals surface area contributed by atoms with E-state index in [2.05, 4.69) is 15.4 Å². The molecule has 1 fully saturated rings. The molecule has 3 N–H and O–H groups in total. The zero-order valence-electron chi connectivity index (χ0n) is 16.0. The minimum Gasteiger partial charge on any atom is -0.377 e. The van der Waals surface area contributed by atoms with E-state index in [1.165, 1.54) is 42.5 Å². The van der Waals surface area contributed by atoms with E-state index in [-0.39, 0.29) is 28.2 Å². The van der Waals surface area contributed by atoms with Gasteiger partial charge in [0.15, 0.2) is 0 Å². The maximum absolute atomic E-state index is 12.5. The molecule has 1 aliphatic rings. The molecule has 0 aromatic heterocycles. The molecule has 3 rings (SSSR count). The van der Waals surface area contributed by atoms with Gasteiger partial charge in [0.1, 0.15) is 5.69 Å². The molecule has 0 spiro atoms. The van der Waals surface area contributed by atoms with E-state index in [9.17, 15) is 23.3 Å². The van der Waals surface area contributed by atoms with E-state index in [1.807, 2.05) is 0 Å². The van der Waals surface area contributed by atoms with Crippen molar-refractivity contribution in [1.29, 1.82) is 0 Å². The average Bonchev–Trinajstić information content (AvgIpc) is 3.45. The number of nitro benzene ring substituents is 1. The maximum Gasteiger partial charge on any atom is 0.293 e. The first kappa shape index (κ1) is 20.7. The van der Waals surface area contributed by atoms with Gasteiger partial charge in [-0.05, 0) is 63.1 Å². The molecule has 1 aliphatic carbocycles. The van der Waals surface area contributed by atoms with Crippen LogP contribution in [-0.2, 0) is 10.0 Å². The van der Waals surface area contributed by atoms with Crippen LogP contribution in [0.2, 0.25) is 0 Å². The van der Waals surface area contributed by atoms with Crippen molar-refractivity contribution in [2.24, 2.45) is 0 Å². The van der Waals surface area contributed by atoms with Crippen molar-refractivity contribution in [1.82, 2.24) is 4.72 Å². The van der Waals surface area contributed by atoms with Crippen LogP contribution in [0.1, 0.15) is 37.0 Å². The number of rotatable bonds is 8. The molecule has 2 aromatic carbocycles. The third-order valence-corrected chi connectivity index (χ3v) is 5.88. The largest absolute Gasteiger partial charge is 0.377 e. The number of nitrogens with one attached hydrogen (secondary N) is 3. The minimum atomic E-state index is -3.63. The van der Waals surface area contributed by atoms with Gasteiger partial charge in [-0.1, -0.05) is 0 Å². The summed E-state index contributed by atoms with van der Waals surface area (Å²) in [5, 5.41) is 17.0. The molecule has 1 saturated carbocycles. The second-order valence-electron chi connectivity index (χ2n) is 7.16. The molecule has 0 radical (unpaired) electrons. The van der Waals surface area contributed by atoms with Crippen LogP contribution in [0, 0.1) is 10.1 Å². The lowest BCUT2D eigenvalue weighted by atomic mass is 10.1. The summed E-state index contributed by atoms with van der Waals surface area (Å²) >= 11 is 0. The molecule has 1 amide bonds. The molecule has 0 unspecified atom stereocenters. The Bertz CT molecular complexity index is 1030. The van der Waals surface area contributed by atoms with E-state index in [1.54, 1.807) is 13.8 Å². The number of nitro groups is 1. The van der Waals surface area contributed by atoms with Crippen molar-refractivity contribution < 1.29 is 18.1 Å². The fourth-order valence-corrected chi connectivity index (χ4v) is 3.94. The summed E-state index contributed by atoms with van der Waals surface area (Å²) in [5.74, 6) is -0.526. The molecule has 2 aromatic rings. The standard InChI is InChI=1S/C19H22N4O5S/c1-12(2)22-29(27,28)16-8-6-15(7-9-16)21-19(24)13-3-10-17(20-14-4-5-14)18(11-13)23(25)26/h3,6-12,14,20,22H,4-5H2,1-2H3,(H,21,24). The molecule has 154 valence electrons. The Labute approximate surface area is 168 Å². The Hall–Kier alpha value is -2.98. The van der Waals surface area contributed by atoms with Crippen LogP contribution in [0.3, 0.4) is 0 Å². The average molecular weight is 418 g/mol. The molecular weight excluding hydrogens is 396 g/mol. The van der Waals surface area contributed by atoms with Crippen LogP contribution >= 0.6 is 0 Å². The Morgan fingerprint density at radius 1 is 1.14 bits per heavy atom. The predicted octanol–water partition coefficient (Wildman–Crippen LogP) is 3.11. The highest BCUT2D eigenvalue weighted by Gasteiger charge is 2.25. The predicted molar refractivity (Wildman–Crippen MR) is 110 cm³/mol. The molecule has 10 heteroatoms. The highest BCUT2D eigenvalue weighted by Crippen LogP contribution is 2.31. The number of hydrogen-bond donors (Lipinski definition) is 3. The van der Waals surface area contributed by atoms with Gasteiger partial charge in [-0.2, -0.15) is 0 Å². The fourth-order valence-electron chi connectivity index (χ4n) is 2.69. The summed E-state index contributed by atoms with van der Waals surface area (Å²) in [7, 11) is -3.63. The number of nitrogens with zero attached hydrogens (tertiary/aromatic N) is 1. The van der Waals surface area contributed by atoms with Crippen LogP contribution in [0.25, 0.3) is 0 Å². The van der Waals surface area contributed by atoms with Gasteiger partial charge >= 0.3 is 0 Å². The second-order valence-corrected chi connectivity index (χ2v) is 8.88. The monoisotopic (exact) mass is 418 g/mol. The van der Waals surface area contributed by atoms with Gasteiger partial charge in [0.05, 0.1) is 9.82 Å². The number of hydrogen-bond acceptors (Lipinski definition) is 6. The molecule has 29 heavy (non-hydrogen) atoms. The number of carbonyl (C=O) groups is 1. The van der Waals surface area contributed by atoms with Crippen molar-refractivity contribution in [2.75, 3.05) is 10.6 Å². The van der Waals surface area contributed by atoms with E-state index >= 15 is 0 Å². The van der Waals surface area contributed by atoms with Crippen LogP contribution in [0.5, 0.6) is 0 Å². The van der Waals surface area contributed by atoms with Crippen LogP contribution < -0.4 is 15.4 Å². The highest BCUT2D eigenvalue weighted by molar-refractivity contribution is 7.89. The van der Waals surface area contributed by atoms with Crippen LogP contribution in [-0.4, -0.2) is 31.3 Å². The van der Waals surface area contributed by atoms with Crippen LogP contribution in [0.4, 0.5) is 17.1 Å². The second kappa shape index (κ2) is 8.18. The van der Waals surface area contributed by atoms with Crippen molar-refractivity contribution in [2.45, 2.75) is 43.7 Å². The fraction of sp³-hybridized carbons (Fsp3) is 0.316. The molecule has 0 atom stereocenters. The Morgan fingerprint density at radius 2 is 1.79 bits per heavy atom. The molecule has 0 bridgehead atoms. The number of carbonyl (C=O) groups excluding carboxylic acids is 1. The summed E-state index contributed by atoms with van der Waals surface area (Å²) in [6.45, 7) is 3.44. The summed E-state index contributed by atoms with van der Waals surface area (Å²) in [5.41, 5.74) is 0.740. The third-order valence-electron chi connectivity index (χ3n) is 4.21. The first-order valence-electron chi connectivity index (χ1n) is 9.14. The minimum absolute atomic E-state index is 0.0790. The smallest absolute Gasteiger partial charge is 0.293 e. The zero-order valence-corrected chi connectivity index (χ0v) is 16.8. The Morgan fingerprint density at radius 3 is 2.34 bits per heavy atom. The Kier molecular flexibility index (Phi) is 5.85. The highest BCUT2D eigenvalue weighted by atomic mass is 32.2. The molecule has 0 saturated heterocycles. The Balaban J connectivity index is 1.74. The first-order valence-corrected chi connectivity index (χ1v) is 10.6. The number of benzene rings is 2. The summed E-state index contributed by atoms with van der Waals surface area (Å²) in [4.78, 5) is 23.4. The van der Waals surface area contributed by atoms with Crippen LogP contribution in [0.15, 0.2) is 47.4 Å². The van der Waals surface area contributed by atoms with Crippen molar-refractivity contribution in [3.05, 3.63) is 58.1 Å². The lowest BCUT2D eigenvalue weighted by Crippen LogP contribution is -2.30. The first-order chi connectivity index (χ1) is 13.7. The van der Waals surface area contributed by atoms with Gasteiger partial charge in [-0.3, -0.25) is 14.9 Å². The van der Waals surface area contributed by atoms with E-state index in [0.29, 0.717) is 11.4 Å². The zero-order chi connectivity index (χ0) is 21.2. The number of anilines is 2. The lowest BCUT2D eigenvalue weighted by molar-refractivity contribution is -0.384. The van der Waals surface area contributed by atoms with Crippen molar-refractivity contribution in [3.8, 4) is 0 Å². The SMILES string of the molecule is CC(C)NS(=O)(=O)c1ccc(NC(=O)c2ccc(NC3CC3)c([N+](=O)[O-])c2)cc1. The number of amides is 1. The van der Waals surface area contributed by atoms with Crippen molar-refractivity contribution in [3.63, 3.8) is 0 Å². The summed E-state index contributed by atoms with van der Waals surface area (Å²) in [6.07, 6.45) is 1.94. The lowest BCUT2D eigenvalue weighted by Gasteiger charge is -2.11. The van der Waals surface area contributed by atoms with Gasteiger partial charge in [0.2, 0.25) is 10.0 Å². The molecule has 0 aliphatic heterocycles. The van der Waals surface area contributed by atoms with Gasteiger partial charge in [0, 0.05) is 29.4 Å². The van der Waals surface area contributed by atoms with E-state index < -0.39 is 20.9 Å².